The molecule has 0 aliphatic rings. The van der Waals surface area contributed by atoms with E-state index in [1.165, 1.54) is 0 Å². The van der Waals surface area contributed by atoms with Crippen LogP contribution in [-0.2, 0) is 0 Å². The summed E-state index contributed by atoms with van der Waals surface area (Å²) in [5.74, 6) is 1.63. The summed E-state index contributed by atoms with van der Waals surface area (Å²) in [7, 11) is 0. The van der Waals surface area contributed by atoms with E-state index in [1.54, 1.807) is 0 Å². The van der Waals surface area contributed by atoms with Crippen LogP contribution >= 0.6 is 0 Å². The van der Waals surface area contributed by atoms with E-state index in [9.17, 15) is 0 Å². The molecule has 0 unspecified atom stereocenters. The van der Waals surface area contributed by atoms with Crippen molar-refractivity contribution in [2.45, 2.75) is 0 Å². The van der Waals surface area contributed by atoms with Gasteiger partial charge in [0.05, 0.1) is 16.9 Å². The first-order valence-electron chi connectivity index (χ1n) is 10.9. The first kappa shape index (κ1) is 19.1. The van der Waals surface area contributed by atoms with Gasteiger partial charge in [0.1, 0.15) is 0 Å². The van der Waals surface area contributed by atoms with E-state index in [2.05, 4.69) is 47.4 Å². The molecule has 0 fully saturated rings. The molecule has 0 aliphatic heterocycles. The zero-order valence-electron chi connectivity index (χ0n) is 17.9. The Labute approximate surface area is 191 Å². The Hall–Kier alpha value is -4.64. The molecule has 5 nitrogen and oxygen atoms in total. The van der Waals surface area contributed by atoms with Crippen molar-refractivity contribution in [3.8, 4) is 11.4 Å². The quantitative estimate of drug-likeness (QED) is 0.308. The van der Waals surface area contributed by atoms with E-state index in [0.29, 0.717) is 0 Å². The van der Waals surface area contributed by atoms with E-state index >= 15 is 0 Å². The van der Waals surface area contributed by atoms with Gasteiger partial charge in [-0.25, -0.2) is 9.36 Å². The molecule has 0 N–H and O–H groups in total. The first-order valence-corrected chi connectivity index (χ1v) is 10.9. The van der Waals surface area contributed by atoms with Crippen molar-refractivity contribution in [3.63, 3.8) is 0 Å². The number of aromatic nitrogens is 4. The number of anilines is 3. The molecule has 0 bridgehead atoms. The SMILES string of the molecule is c1ccc(N(c2ccn(-c3ccccc3)n2)c2nn(-c3ccccc3)c3ccccc23)cc1. The van der Waals surface area contributed by atoms with Crippen molar-refractivity contribution in [2.24, 2.45) is 0 Å². The first-order chi connectivity index (χ1) is 16.4. The van der Waals surface area contributed by atoms with E-state index in [0.717, 1.165) is 39.6 Å². The minimum Gasteiger partial charge on any atom is -0.276 e. The van der Waals surface area contributed by atoms with Crippen LogP contribution in [-0.4, -0.2) is 19.6 Å². The average molecular weight is 428 g/mol. The molecule has 0 saturated carbocycles. The van der Waals surface area contributed by atoms with Crippen LogP contribution in [0.2, 0.25) is 0 Å². The summed E-state index contributed by atoms with van der Waals surface area (Å²) in [5, 5.41) is 11.1. The summed E-state index contributed by atoms with van der Waals surface area (Å²) in [6, 6.07) is 40.9. The van der Waals surface area contributed by atoms with Gasteiger partial charge < -0.3 is 0 Å². The highest BCUT2D eigenvalue weighted by molar-refractivity contribution is 5.96. The second-order valence-electron chi connectivity index (χ2n) is 7.71. The number of fused-ring (bicyclic) bond motifs is 1. The Morgan fingerprint density at radius 3 is 1.88 bits per heavy atom. The minimum absolute atomic E-state index is 0.800. The van der Waals surface area contributed by atoms with Crippen LogP contribution in [0.4, 0.5) is 17.3 Å². The van der Waals surface area contributed by atoms with Crippen molar-refractivity contribution in [2.75, 3.05) is 4.90 Å². The van der Waals surface area contributed by atoms with Crippen molar-refractivity contribution in [1.29, 1.82) is 0 Å². The lowest BCUT2D eigenvalue weighted by Crippen LogP contribution is -2.12. The maximum Gasteiger partial charge on any atom is 0.169 e. The molecular weight excluding hydrogens is 406 g/mol. The number of para-hydroxylation sites is 4. The van der Waals surface area contributed by atoms with Gasteiger partial charge in [0.25, 0.3) is 0 Å². The van der Waals surface area contributed by atoms with Crippen LogP contribution in [0.3, 0.4) is 0 Å². The molecule has 4 aromatic carbocycles. The number of nitrogens with zero attached hydrogens (tertiary/aromatic N) is 5. The fourth-order valence-corrected chi connectivity index (χ4v) is 4.08. The molecule has 0 radical (unpaired) electrons. The normalized spacial score (nSPS) is 11.0. The molecule has 33 heavy (non-hydrogen) atoms. The molecule has 0 spiro atoms. The van der Waals surface area contributed by atoms with Crippen molar-refractivity contribution < 1.29 is 0 Å². The van der Waals surface area contributed by atoms with Gasteiger partial charge in [-0.2, -0.15) is 0 Å². The monoisotopic (exact) mass is 427 g/mol. The predicted octanol–water partition coefficient (Wildman–Crippen LogP) is 6.68. The molecule has 5 heteroatoms. The van der Waals surface area contributed by atoms with E-state index in [1.807, 2.05) is 94.4 Å². The molecule has 0 atom stereocenters. The summed E-state index contributed by atoms with van der Waals surface area (Å²) < 4.78 is 3.89. The lowest BCUT2D eigenvalue weighted by molar-refractivity contribution is 0.866. The standard InChI is InChI=1S/C28H21N5/c1-4-12-22(13-5-1)31-21-20-27(29-31)32(23-14-6-2-7-15-23)28-25-18-10-11-19-26(25)33(30-28)24-16-8-3-9-17-24/h1-21H. The number of hydrogen-bond donors (Lipinski definition) is 0. The summed E-state index contributed by atoms with van der Waals surface area (Å²) in [6.07, 6.45) is 1.98. The van der Waals surface area contributed by atoms with E-state index in [4.69, 9.17) is 10.2 Å². The number of hydrogen-bond acceptors (Lipinski definition) is 3. The highest BCUT2D eigenvalue weighted by Gasteiger charge is 2.22. The van der Waals surface area contributed by atoms with Crippen LogP contribution in [0.1, 0.15) is 0 Å². The van der Waals surface area contributed by atoms with Gasteiger partial charge in [0.2, 0.25) is 0 Å². The summed E-state index contributed by atoms with van der Waals surface area (Å²) >= 11 is 0. The fourth-order valence-electron chi connectivity index (χ4n) is 4.08. The third kappa shape index (κ3) is 3.46. The van der Waals surface area contributed by atoms with Gasteiger partial charge in [0.15, 0.2) is 11.6 Å². The smallest absolute Gasteiger partial charge is 0.169 e. The highest BCUT2D eigenvalue weighted by atomic mass is 15.4. The molecule has 0 aliphatic carbocycles. The molecular formula is C28H21N5. The molecule has 6 aromatic rings. The summed E-state index contributed by atoms with van der Waals surface area (Å²) in [4.78, 5) is 2.11. The maximum atomic E-state index is 5.09. The second kappa shape index (κ2) is 8.13. The molecule has 2 heterocycles. The second-order valence-corrected chi connectivity index (χ2v) is 7.71. The van der Waals surface area contributed by atoms with E-state index in [-0.39, 0.29) is 0 Å². The third-order valence-electron chi connectivity index (χ3n) is 5.62. The highest BCUT2D eigenvalue weighted by Crippen LogP contribution is 2.38. The van der Waals surface area contributed by atoms with Gasteiger partial charge in [0, 0.05) is 23.3 Å². The molecule has 6 rings (SSSR count). The lowest BCUT2D eigenvalue weighted by Gasteiger charge is -2.20. The van der Waals surface area contributed by atoms with Crippen LogP contribution < -0.4 is 4.90 Å². The Kier molecular flexibility index (Phi) is 4.70. The largest absolute Gasteiger partial charge is 0.276 e. The molecule has 2 aromatic heterocycles. The average Bonchev–Trinajstić information content (AvgIpc) is 3.52. The Bertz CT molecular complexity index is 1500. The molecule has 0 amide bonds. The van der Waals surface area contributed by atoms with Crippen LogP contribution in [0, 0.1) is 0 Å². The number of benzene rings is 4. The molecule has 158 valence electrons. The topological polar surface area (TPSA) is 38.9 Å². The Morgan fingerprint density at radius 1 is 0.545 bits per heavy atom. The van der Waals surface area contributed by atoms with Gasteiger partial charge in [-0.15, -0.1) is 10.2 Å². The summed E-state index contributed by atoms with van der Waals surface area (Å²) in [5.41, 5.74) is 4.07. The third-order valence-corrected chi connectivity index (χ3v) is 5.62. The zero-order valence-corrected chi connectivity index (χ0v) is 17.9. The summed E-state index contributed by atoms with van der Waals surface area (Å²) in [6.45, 7) is 0. The van der Waals surface area contributed by atoms with Crippen LogP contribution in [0.25, 0.3) is 22.3 Å². The fraction of sp³-hybridized carbons (Fsp3) is 0. The minimum atomic E-state index is 0.800. The van der Waals surface area contributed by atoms with Crippen molar-refractivity contribution in [3.05, 3.63) is 128 Å². The van der Waals surface area contributed by atoms with Gasteiger partial charge >= 0.3 is 0 Å². The van der Waals surface area contributed by atoms with Crippen LogP contribution in [0.5, 0.6) is 0 Å². The Balaban J connectivity index is 1.56. The van der Waals surface area contributed by atoms with E-state index < -0.39 is 0 Å². The van der Waals surface area contributed by atoms with Crippen molar-refractivity contribution >= 4 is 28.2 Å². The number of rotatable bonds is 5. The van der Waals surface area contributed by atoms with Crippen LogP contribution in [0.15, 0.2) is 128 Å². The van der Waals surface area contributed by atoms with Gasteiger partial charge in [-0.1, -0.05) is 66.7 Å². The van der Waals surface area contributed by atoms with Gasteiger partial charge in [-0.05, 0) is 48.5 Å². The molecule has 0 saturated heterocycles. The lowest BCUT2D eigenvalue weighted by atomic mass is 10.2. The predicted molar refractivity (Wildman–Crippen MR) is 133 cm³/mol. The van der Waals surface area contributed by atoms with Crippen molar-refractivity contribution in [1.82, 2.24) is 19.6 Å². The van der Waals surface area contributed by atoms with Gasteiger partial charge in [-0.3, -0.25) is 4.90 Å². The Morgan fingerprint density at radius 2 is 1.15 bits per heavy atom. The zero-order chi connectivity index (χ0) is 22.0. The maximum absolute atomic E-state index is 5.09.